The van der Waals surface area contributed by atoms with E-state index in [1.54, 1.807) is 20.8 Å². The van der Waals surface area contributed by atoms with Crippen LogP contribution in [0.5, 0.6) is 0 Å². The number of alkyl carbamates (subject to hydrolysis) is 1. The highest BCUT2D eigenvalue weighted by Gasteiger charge is 2.17. The van der Waals surface area contributed by atoms with Crippen LogP contribution in [0.1, 0.15) is 36.7 Å². The molecule has 0 aliphatic heterocycles. The van der Waals surface area contributed by atoms with Crippen LogP contribution in [-0.4, -0.2) is 36.2 Å². The summed E-state index contributed by atoms with van der Waals surface area (Å²) in [4.78, 5) is 33.3. The highest BCUT2D eigenvalue weighted by Crippen LogP contribution is 2.18. The third-order valence-electron chi connectivity index (χ3n) is 2.56. The third-order valence-corrected chi connectivity index (χ3v) is 2.56. The maximum absolute atomic E-state index is 11.7. The van der Waals surface area contributed by atoms with E-state index in [0.29, 0.717) is 0 Å². The molecule has 0 radical (unpaired) electrons. The smallest absolute Gasteiger partial charge is 0.408 e. The Morgan fingerprint density at radius 2 is 2.00 bits per heavy atom. The molecule has 1 aromatic carbocycles. The highest BCUT2D eigenvalue weighted by molar-refractivity contribution is 5.93. The molecule has 8 nitrogen and oxygen atoms in total. The molecular formula is C16H18N2O6. The number of nitrogens with one attached hydrogen (secondary N) is 1. The highest BCUT2D eigenvalue weighted by atomic mass is 16.6. The maximum atomic E-state index is 11.7. The standard InChI is InChI=1S/C16H18N2O6/c1-16(2,3)24-15(20)17-9-5-6-11-7-8-12(18(21)22)10-13(11)14(19)23-4/h7-8,10H,9H2,1-4H3,(H,17,20). The van der Waals surface area contributed by atoms with Gasteiger partial charge in [0.25, 0.3) is 5.69 Å². The lowest BCUT2D eigenvalue weighted by Gasteiger charge is -2.19. The van der Waals surface area contributed by atoms with E-state index < -0.39 is 22.6 Å². The largest absolute Gasteiger partial charge is 0.465 e. The Morgan fingerprint density at radius 3 is 2.54 bits per heavy atom. The van der Waals surface area contributed by atoms with Gasteiger partial charge in [-0.3, -0.25) is 10.1 Å². The van der Waals surface area contributed by atoms with Crippen molar-refractivity contribution in [1.82, 2.24) is 5.32 Å². The van der Waals surface area contributed by atoms with Crippen molar-refractivity contribution in [2.24, 2.45) is 0 Å². The number of benzene rings is 1. The lowest BCUT2D eigenvalue weighted by atomic mass is 10.1. The molecule has 0 unspecified atom stereocenters. The number of nitro groups is 1. The molecule has 0 aliphatic carbocycles. The topological polar surface area (TPSA) is 108 Å². The molecule has 0 atom stereocenters. The van der Waals surface area contributed by atoms with Crippen LogP contribution in [0.4, 0.5) is 10.5 Å². The van der Waals surface area contributed by atoms with E-state index in [9.17, 15) is 19.7 Å². The Bertz CT molecular complexity index is 710. The van der Waals surface area contributed by atoms with Crippen molar-refractivity contribution in [3.63, 3.8) is 0 Å². The Kier molecular flexibility index (Phi) is 6.30. The van der Waals surface area contributed by atoms with Crippen molar-refractivity contribution in [3.05, 3.63) is 39.4 Å². The number of carbonyl (C=O) groups excluding carboxylic acids is 2. The summed E-state index contributed by atoms with van der Waals surface area (Å²) in [5.41, 5.74) is -0.615. The summed E-state index contributed by atoms with van der Waals surface area (Å²) in [5, 5.41) is 13.2. The van der Waals surface area contributed by atoms with Gasteiger partial charge < -0.3 is 14.8 Å². The zero-order valence-corrected chi connectivity index (χ0v) is 13.8. The van der Waals surface area contributed by atoms with Gasteiger partial charge in [-0.1, -0.05) is 11.8 Å². The summed E-state index contributed by atoms with van der Waals surface area (Å²) in [7, 11) is 1.17. The van der Waals surface area contributed by atoms with Crippen LogP contribution >= 0.6 is 0 Å². The molecule has 1 N–H and O–H groups in total. The SMILES string of the molecule is COC(=O)c1cc([N+](=O)[O-])ccc1C#CCNC(=O)OC(C)(C)C. The van der Waals surface area contributed by atoms with Gasteiger partial charge in [0.1, 0.15) is 5.60 Å². The van der Waals surface area contributed by atoms with Crippen molar-refractivity contribution in [2.75, 3.05) is 13.7 Å². The molecule has 24 heavy (non-hydrogen) atoms. The predicted octanol–water partition coefficient (Wildman–Crippen LogP) is 2.26. The van der Waals surface area contributed by atoms with E-state index in [1.165, 1.54) is 19.2 Å². The van der Waals surface area contributed by atoms with E-state index in [4.69, 9.17) is 4.74 Å². The fourth-order valence-electron chi connectivity index (χ4n) is 1.60. The average Bonchev–Trinajstić information content (AvgIpc) is 2.49. The Balaban J connectivity index is 2.86. The van der Waals surface area contributed by atoms with Crippen LogP contribution in [-0.2, 0) is 9.47 Å². The summed E-state index contributed by atoms with van der Waals surface area (Å²) in [6.07, 6.45) is -0.617. The molecule has 0 saturated carbocycles. The van der Waals surface area contributed by atoms with Gasteiger partial charge in [-0.25, -0.2) is 9.59 Å². The number of hydrogen-bond donors (Lipinski definition) is 1. The summed E-state index contributed by atoms with van der Waals surface area (Å²) >= 11 is 0. The molecule has 1 aromatic rings. The van der Waals surface area contributed by atoms with Gasteiger partial charge in [-0.05, 0) is 26.8 Å². The molecule has 0 aromatic heterocycles. The monoisotopic (exact) mass is 334 g/mol. The van der Waals surface area contributed by atoms with Gasteiger partial charge >= 0.3 is 12.1 Å². The van der Waals surface area contributed by atoms with Gasteiger partial charge in [-0.2, -0.15) is 0 Å². The van der Waals surface area contributed by atoms with E-state index >= 15 is 0 Å². The summed E-state index contributed by atoms with van der Waals surface area (Å²) in [5.74, 6) is 4.58. The van der Waals surface area contributed by atoms with Crippen molar-refractivity contribution in [1.29, 1.82) is 0 Å². The zero-order chi connectivity index (χ0) is 18.3. The first-order valence-electron chi connectivity index (χ1n) is 6.96. The second-order valence-electron chi connectivity index (χ2n) is 5.64. The van der Waals surface area contributed by atoms with E-state index in [1.807, 2.05) is 0 Å². The number of nitro benzene ring substituents is 1. The van der Waals surface area contributed by atoms with Crippen molar-refractivity contribution in [2.45, 2.75) is 26.4 Å². The van der Waals surface area contributed by atoms with Crippen molar-refractivity contribution >= 4 is 17.7 Å². The number of nitrogens with zero attached hydrogens (tertiary/aromatic N) is 1. The number of non-ortho nitro benzene ring substituents is 1. The summed E-state index contributed by atoms with van der Waals surface area (Å²) in [6.45, 7) is 5.19. The zero-order valence-electron chi connectivity index (χ0n) is 13.8. The van der Waals surface area contributed by atoms with Crippen LogP contribution in [0, 0.1) is 22.0 Å². The van der Waals surface area contributed by atoms with Gasteiger partial charge in [0.05, 0.1) is 24.1 Å². The predicted molar refractivity (Wildman–Crippen MR) is 85.6 cm³/mol. The number of carbonyl (C=O) groups is 2. The van der Waals surface area contributed by atoms with Crippen LogP contribution in [0.3, 0.4) is 0 Å². The molecule has 0 bridgehead atoms. The first-order chi connectivity index (χ1) is 11.1. The maximum Gasteiger partial charge on any atom is 0.408 e. The van der Waals surface area contributed by atoms with Crippen LogP contribution < -0.4 is 5.32 Å². The number of ether oxygens (including phenoxy) is 2. The first kappa shape index (κ1) is 19.0. The fourth-order valence-corrected chi connectivity index (χ4v) is 1.60. The lowest BCUT2D eigenvalue weighted by Crippen LogP contribution is -2.32. The fraction of sp³-hybridized carbons (Fsp3) is 0.375. The average molecular weight is 334 g/mol. The number of rotatable bonds is 3. The van der Waals surface area contributed by atoms with Crippen molar-refractivity contribution < 1.29 is 24.0 Å². The number of hydrogen-bond acceptors (Lipinski definition) is 6. The molecule has 1 rings (SSSR count). The number of amides is 1. The molecule has 0 heterocycles. The normalized spacial score (nSPS) is 10.2. The van der Waals surface area contributed by atoms with Crippen LogP contribution in [0.2, 0.25) is 0 Å². The second kappa shape index (κ2) is 7.97. The molecule has 0 spiro atoms. The first-order valence-corrected chi connectivity index (χ1v) is 6.96. The Morgan fingerprint density at radius 1 is 1.33 bits per heavy atom. The van der Waals surface area contributed by atoms with Crippen LogP contribution in [0.25, 0.3) is 0 Å². The number of methoxy groups -OCH3 is 1. The lowest BCUT2D eigenvalue weighted by molar-refractivity contribution is -0.384. The van der Waals surface area contributed by atoms with E-state index in [-0.39, 0.29) is 23.4 Å². The van der Waals surface area contributed by atoms with Crippen LogP contribution in [0.15, 0.2) is 18.2 Å². The minimum Gasteiger partial charge on any atom is -0.465 e. The van der Waals surface area contributed by atoms with Gasteiger partial charge in [-0.15, -0.1) is 0 Å². The van der Waals surface area contributed by atoms with Crippen molar-refractivity contribution in [3.8, 4) is 11.8 Å². The summed E-state index contributed by atoms with van der Waals surface area (Å²) in [6, 6.07) is 3.68. The molecular weight excluding hydrogens is 316 g/mol. The third kappa shape index (κ3) is 5.96. The van der Waals surface area contributed by atoms with Gasteiger partial charge in [0, 0.05) is 17.7 Å². The van der Waals surface area contributed by atoms with E-state index in [2.05, 4.69) is 21.9 Å². The van der Waals surface area contributed by atoms with E-state index in [0.717, 1.165) is 6.07 Å². The minimum absolute atomic E-state index is 0.00743. The van der Waals surface area contributed by atoms with Gasteiger partial charge in [0.15, 0.2) is 0 Å². The molecule has 0 fully saturated rings. The summed E-state index contributed by atoms with van der Waals surface area (Å²) < 4.78 is 9.64. The Hall–Kier alpha value is -3.08. The molecule has 8 heteroatoms. The minimum atomic E-state index is -0.733. The Labute approximate surface area is 139 Å². The molecule has 0 aliphatic rings. The molecule has 0 saturated heterocycles. The van der Waals surface area contributed by atoms with Gasteiger partial charge in [0.2, 0.25) is 0 Å². The molecule has 1 amide bonds. The quantitative estimate of drug-likeness (QED) is 0.393. The number of esters is 1. The second-order valence-corrected chi connectivity index (χ2v) is 5.64. The molecule has 128 valence electrons.